The summed E-state index contributed by atoms with van der Waals surface area (Å²) in [6.45, 7) is 0.545. The van der Waals surface area contributed by atoms with Crippen molar-refractivity contribution in [2.45, 2.75) is 29.9 Å². The molecule has 2 aliphatic rings. The molecule has 1 N–H and O–H groups in total. The molecule has 0 spiro atoms. The van der Waals surface area contributed by atoms with Gasteiger partial charge in [0.15, 0.2) is 0 Å². The van der Waals surface area contributed by atoms with Gasteiger partial charge >= 0.3 is 5.97 Å². The monoisotopic (exact) mass is 329 g/mol. The van der Waals surface area contributed by atoms with E-state index in [-0.39, 0.29) is 9.09 Å². The molecule has 1 heterocycles. The van der Waals surface area contributed by atoms with Gasteiger partial charge in [-0.3, -0.25) is 0 Å². The quantitative estimate of drug-likeness (QED) is 0.900. The topological polar surface area (TPSA) is 74.7 Å². The molecule has 2 fully saturated rings. The van der Waals surface area contributed by atoms with Gasteiger partial charge in [0.2, 0.25) is 0 Å². The van der Waals surface area contributed by atoms with Gasteiger partial charge in [-0.1, -0.05) is 6.42 Å². The molecule has 0 aromatic carbocycles. The lowest BCUT2D eigenvalue weighted by Gasteiger charge is -2.26. The second-order valence-electron chi connectivity index (χ2n) is 6.14. The number of fused-ring (bicyclic) bond motifs is 2. The highest BCUT2D eigenvalue weighted by atomic mass is 32.2. The molecular weight excluding hydrogens is 310 g/mol. The fraction of sp³-hybridized carbons (Fsp3) is 0.643. The average Bonchev–Trinajstić information content (AvgIpc) is 3.14. The second kappa shape index (κ2) is 5.37. The number of carboxylic acids is 1. The van der Waals surface area contributed by atoms with Gasteiger partial charge in [-0.05, 0) is 49.1 Å². The predicted octanol–water partition coefficient (Wildman–Crippen LogP) is 2.50. The van der Waals surface area contributed by atoms with Crippen molar-refractivity contribution < 1.29 is 18.3 Å². The van der Waals surface area contributed by atoms with Crippen LogP contribution in [-0.2, 0) is 10.0 Å². The second-order valence-corrected chi connectivity index (χ2v) is 9.50. The molecule has 1 aromatic heterocycles. The number of sulfonamides is 1. The first-order valence-electron chi connectivity index (χ1n) is 7.17. The summed E-state index contributed by atoms with van der Waals surface area (Å²) in [6, 6.07) is 2.74. The van der Waals surface area contributed by atoms with Gasteiger partial charge < -0.3 is 5.11 Å². The molecule has 3 rings (SSSR count). The van der Waals surface area contributed by atoms with Gasteiger partial charge in [-0.15, -0.1) is 11.3 Å². The van der Waals surface area contributed by atoms with Gasteiger partial charge in [0, 0.05) is 13.6 Å². The molecule has 0 aliphatic heterocycles. The fourth-order valence-electron chi connectivity index (χ4n) is 3.76. The van der Waals surface area contributed by atoms with Crippen LogP contribution in [0.1, 0.15) is 35.4 Å². The molecule has 0 amide bonds. The first kappa shape index (κ1) is 15.0. The molecule has 0 saturated heterocycles. The maximum Gasteiger partial charge on any atom is 0.345 e. The zero-order valence-electron chi connectivity index (χ0n) is 11.9. The highest BCUT2D eigenvalue weighted by molar-refractivity contribution is 7.91. The third kappa shape index (κ3) is 2.74. The molecule has 2 bridgehead atoms. The Morgan fingerprint density at radius 2 is 2.14 bits per heavy atom. The number of hydrogen-bond acceptors (Lipinski definition) is 4. The van der Waals surface area contributed by atoms with Crippen molar-refractivity contribution in [3.8, 4) is 0 Å². The van der Waals surface area contributed by atoms with Crippen LogP contribution in [0.25, 0.3) is 0 Å². The number of thiophene rings is 1. The summed E-state index contributed by atoms with van der Waals surface area (Å²) in [5.41, 5.74) is 0. The van der Waals surface area contributed by atoms with Crippen LogP contribution < -0.4 is 0 Å². The van der Waals surface area contributed by atoms with Crippen LogP contribution in [-0.4, -0.2) is 37.4 Å². The molecule has 2 saturated carbocycles. The molecule has 21 heavy (non-hydrogen) atoms. The molecule has 5 nitrogen and oxygen atoms in total. The number of carbonyl (C=O) groups is 1. The van der Waals surface area contributed by atoms with Gasteiger partial charge in [0.1, 0.15) is 9.09 Å². The van der Waals surface area contributed by atoms with Crippen LogP contribution in [0.5, 0.6) is 0 Å². The molecule has 116 valence electrons. The summed E-state index contributed by atoms with van der Waals surface area (Å²) < 4.78 is 26.5. The van der Waals surface area contributed by atoms with Crippen molar-refractivity contribution in [2.24, 2.45) is 17.8 Å². The van der Waals surface area contributed by atoms with Crippen molar-refractivity contribution in [3.05, 3.63) is 17.0 Å². The van der Waals surface area contributed by atoms with E-state index in [1.807, 2.05) is 0 Å². The summed E-state index contributed by atoms with van der Waals surface area (Å²) in [7, 11) is -1.97. The zero-order chi connectivity index (χ0) is 15.2. The van der Waals surface area contributed by atoms with Crippen LogP contribution >= 0.6 is 11.3 Å². The third-order valence-corrected chi connectivity index (χ3v) is 8.20. The minimum absolute atomic E-state index is 0.0573. The Labute approximate surface area is 128 Å². The normalized spacial score (nSPS) is 28.4. The first-order chi connectivity index (χ1) is 9.88. The largest absolute Gasteiger partial charge is 0.477 e. The van der Waals surface area contributed by atoms with Gasteiger partial charge in [0.05, 0.1) is 0 Å². The highest BCUT2D eigenvalue weighted by Gasteiger charge is 2.41. The lowest BCUT2D eigenvalue weighted by Crippen LogP contribution is -2.33. The fourth-order valence-corrected chi connectivity index (χ4v) is 6.34. The number of rotatable bonds is 5. The first-order valence-corrected chi connectivity index (χ1v) is 9.43. The van der Waals surface area contributed by atoms with E-state index in [2.05, 4.69) is 0 Å². The predicted molar refractivity (Wildman–Crippen MR) is 80.0 cm³/mol. The van der Waals surface area contributed by atoms with E-state index >= 15 is 0 Å². The minimum atomic E-state index is -3.57. The summed E-state index contributed by atoms with van der Waals surface area (Å²) in [5, 5.41) is 8.91. The third-order valence-electron chi connectivity index (χ3n) is 4.83. The molecule has 7 heteroatoms. The number of hydrogen-bond donors (Lipinski definition) is 1. The van der Waals surface area contributed by atoms with Crippen molar-refractivity contribution >= 4 is 27.3 Å². The Balaban J connectivity index is 1.73. The summed E-state index contributed by atoms with van der Waals surface area (Å²) in [5.74, 6) is 0.835. The molecule has 1 aromatic rings. The van der Waals surface area contributed by atoms with Crippen LogP contribution in [0.2, 0.25) is 0 Å². The van der Waals surface area contributed by atoms with E-state index in [1.165, 1.54) is 35.7 Å². The maximum atomic E-state index is 12.5. The average molecular weight is 329 g/mol. The summed E-state index contributed by atoms with van der Waals surface area (Å²) in [4.78, 5) is 10.9. The lowest BCUT2D eigenvalue weighted by atomic mass is 9.89. The molecule has 0 radical (unpaired) electrons. The number of aromatic carboxylic acids is 1. The van der Waals surface area contributed by atoms with Crippen molar-refractivity contribution in [3.63, 3.8) is 0 Å². The standard InChI is InChI=1S/C14H19NO4S2/c1-15(8-11-7-9-2-3-10(11)6-9)21(18,19)13-5-4-12(20-13)14(16)17/h4-5,9-11H,2-3,6-8H2,1H3,(H,16,17). The number of nitrogens with zero attached hydrogens (tertiary/aromatic N) is 1. The van der Waals surface area contributed by atoms with E-state index in [9.17, 15) is 13.2 Å². The Morgan fingerprint density at radius 3 is 2.67 bits per heavy atom. The molecule has 2 aliphatic carbocycles. The van der Waals surface area contributed by atoms with Crippen LogP contribution in [0.3, 0.4) is 0 Å². The smallest absolute Gasteiger partial charge is 0.345 e. The Morgan fingerprint density at radius 1 is 1.38 bits per heavy atom. The van der Waals surface area contributed by atoms with E-state index < -0.39 is 16.0 Å². The zero-order valence-corrected chi connectivity index (χ0v) is 13.5. The Kier molecular flexibility index (Phi) is 3.83. The molecule has 3 atom stereocenters. The van der Waals surface area contributed by atoms with E-state index in [1.54, 1.807) is 7.05 Å². The molecular formula is C14H19NO4S2. The van der Waals surface area contributed by atoms with Gasteiger partial charge in [-0.2, -0.15) is 4.31 Å². The minimum Gasteiger partial charge on any atom is -0.477 e. The Bertz CT molecular complexity index is 652. The van der Waals surface area contributed by atoms with Gasteiger partial charge in [-0.25, -0.2) is 13.2 Å². The molecule has 3 unspecified atom stereocenters. The van der Waals surface area contributed by atoms with E-state index in [0.717, 1.165) is 23.7 Å². The van der Waals surface area contributed by atoms with Crippen molar-refractivity contribution in [1.29, 1.82) is 0 Å². The van der Waals surface area contributed by atoms with Crippen molar-refractivity contribution in [1.82, 2.24) is 4.31 Å². The van der Waals surface area contributed by atoms with Gasteiger partial charge in [0.25, 0.3) is 10.0 Å². The summed E-state index contributed by atoms with van der Waals surface area (Å²) in [6.07, 6.45) is 4.91. The maximum absolute atomic E-state index is 12.5. The van der Waals surface area contributed by atoms with Crippen molar-refractivity contribution in [2.75, 3.05) is 13.6 Å². The number of carboxylic acid groups (broad SMARTS) is 1. The SMILES string of the molecule is CN(CC1CC2CCC1C2)S(=O)(=O)c1ccc(C(=O)O)s1. The highest BCUT2D eigenvalue weighted by Crippen LogP contribution is 2.48. The Hall–Kier alpha value is -0.920. The van der Waals surface area contributed by atoms with Crippen LogP contribution in [0.15, 0.2) is 16.3 Å². The van der Waals surface area contributed by atoms with E-state index in [0.29, 0.717) is 18.4 Å². The summed E-state index contributed by atoms with van der Waals surface area (Å²) >= 11 is 0.820. The van der Waals surface area contributed by atoms with E-state index in [4.69, 9.17) is 5.11 Å². The van der Waals surface area contributed by atoms with Crippen LogP contribution in [0.4, 0.5) is 0 Å². The van der Waals surface area contributed by atoms with Crippen LogP contribution in [0, 0.1) is 17.8 Å². The lowest BCUT2D eigenvalue weighted by molar-refractivity contribution is 0.0702.